The lowest BCUT2D eigenvalue weighted by molar-refractivity contribution is 0.0595. The van der Waals surface area contributed by atoms with Crippen LogP contribution >= 0.6 is 0 Å². The summed E-state index contributed by atoms with van der Waals surface area (Å²) in [5, 5.41) is 2.66. The highest BCUT2D eigenvalue weighted by Crippen LogP contribution is 2.24. The van der Waals surface area contributed by atoms with Crippen LogP contribution in [0.3, 0.4) is 0 Å². The predicted octanol–water partition coefficient (Wildman–Crippen LogP) is 4.53. The maximum atomic E-state index is 14.0. The third-order valence-electron chi connectivity index (χ3n) is 3.89. The number of nitrogens with one attached hydrogen (secondary N) is 1. The van der Waals surface area contributed by atoms with Gasteiger partial charge >= 0.3 is 5.97 Å². The standard InChI is InChI=1S/C21H16FNO3/c1-26-21(25)18-12-11-15(13-19(18)22)23-20(24)17-10-6-5-9-16(17)14-7-3-2-4-8-14/h2-13H,1H3,(H,23,24). The van der Waals surface area contributed by atoms with Crippen LogP contribution in [0.25, 0.3) is 11.1 Å². The van der Waals surface area contributed by atoms with E-state index in [-0.39, 0.29) is 17.2 Å². The Bertz CT molecular complexity index is 954. The van der Waals surface area contributed by atoms with Gasteiger partial charge in [0.2, 0.25) is 0 Å². The molecule has 0 saturated carbocycles. The fourth-order valence-corrected chi connectivity index (χ4v) is 2.62. The zero-order valence-electron chi connectivity index (χ0n) is 14.0. The molecular formula is C21H16FNO3. The van der Waals surface area contributed by atoms with Gasteiger partial charge in [0.25, 0.3) is 5.91 Å². The molecule has 4 nitrogen and oxygen atoms in total. The predicted molar refractivity (Wildman–Crippen MR) is 97.6 cm³/mol. The number of esters is 1. The van der Waals surface area contributed by atoms with Crippen molar-refractivity contribution in [2.75, 3.05) is 12.4 Å². The molecule has 0 atom stereocenters. The second kappa shape index (κ2) is 7.61. The molecule has 0 aliphatic rings. The van der Waals surface area contributed by atoms with Crippen LogP contribution in [0.15, 0.2) is 72.8 Å². The third kappa shape index (κ3) is 3.62. The van der Waals surface area contributed by atoms with Gasteiger partial charge in [0.05, 0.1) is 12.7 Å². The molecule has 0 aliphatic heterocycles. The molecular weight excluding hydrogens is 333 g/mol. The maximum absolute atomic E-state index is 14.0. The number of methoxy groups -OCH3 is 1. The van der Waals surface area contributed by atoms with E-state index >= 15 is 0 Å². The van der Waals surface area contributed by atoms with E-state index < -0.39 is 11.8 Å². The summed E-state index contributed by atoms with van der Waals surface area (Å²) in [4.78, 5) is 24.1. The van der Waals surface area contributed by atoms with Crippen LogP contribution in [0.4, 0.5) is 10.1 Å². The topological polar surface area (TPSA) is 55.4 Å². The third-order valence-corrected chi connectivity index (χ3v) is 3.89. The molecule has 0 aromatic heterocycles. The first-order chi connectivity index (χ1) is 12.6. The van der Waals surface area contributed by atoms with Crippen molar-refractivity contribution in [2.45, 2.75) is 0 Å². The second-order valence-corrected chi connectivity index (χ2v) is 5.55. The summed E-state index contributed by atoms with van der Waals surface area (Å²) in [5.41, 5.74) is 2.22. The van der Waals surface area contributed by atoms with E-state index in [0.29, 0.717) is 5.56 Å². The van der Waals surface area contributed by atoms with Crippen molar-refractivity contribution in [3.8, 4) is 11.1 Å². The first kappa shape index (κ1) is 17.4. The van der Waals surface area contributed by atoms with Gasteiger partial charge in [-0.15, -0.1) is 0 Å². The highest BCUT2D eigenvalue weighted by molar-refractivity contribution is 6.08. The molecule has 0 heterocycles. The molecule has 3 aromatic rings. The van der Waals surface area contributed by atoms with Gasteiger partial charge in [0.15, 0.2) is 0 Å². The molecule has 0 unspecified atom stereocenters. The number of benzene rings is 3. The summed E-state index contributed by atoms with van der Waals surface area (Å²) >= 11 is 0. The highest BCUT2D eigenvalue weighted by Gasteiger charge is 2.15. The van der Waals surface area contributed by atoms with Gasteiger partial charge < -0.3 is 10.1 Å². The molecule has 5 heteroatoms. The molecule has 0 saturated heterocycles. The molecule has 0 aliphatic carbocycles. The van der Waals surface area contributed by atoms with Crippen molar-refractivity contribution in [3.63, 3.8) is 0 Å². The number of hydrogen-bond acceptors (Lipinski definition) is 3. The van der Waals surface area contributed by atoms with Crippen LogP contribution in [0.2, 0.25) is 0 Å². The number of carbonyl (C=O) groups is 2. The monoisotopic (exact) mass is 349 g/mol. The van der Waals surface area contributed by atoms with Gasteiger partial charge in [-0.25, -0.2) is 9.18 Å². The molecule has 1 amide bonds. The number of anilines is 1. The van der Waals surface area contributed by atoms with Gasteiger partial charge in [-0.05, 0) is 35.4 Å². The molecule has 3 rings (SSSR count). The van der Waals surface area contributed by atoms with Gasteiger partial charge in [-0.2, -0.15) is 0 Å². The second-order valence-electron chi connectivity index (χ2n) is 5.55. The Hall–Kier alpha value is -3.47. The van der Waals surface area contributed by atoms with E-state index in [9.17, 15) is 14.0 Å². The Labute approximate surface area is 150 Å². The number of ether oxygens (including phenoxy) is 1. The quantitative estimate of drug-likeness (QED) is 0.704. The van der Waals surface area contributed by atoms with Crippen LogP contribution < -0.4 is 5.32 Å². The van der Waals surface area contributed by atoms with Gasteiger partial charge in [0, 0.05) is 11.3 Å². The Balaban J connectivity index is 1.88. The number of carbonyl (C=O) groups excluding carboxylic acids is 2. The summed E-state index contributed by atoms with van der Waals surface area (Å²) in [6.07, 6.45) is 0. The zero-order valence-corrected chi connectivity index (χ0v) is 14.0. The van der Waals surface area contributed by atoms with Crippen LogP contribution in [-0.2, 0) is 4.74 Å². The molecule has 0 fully saturated rings. The zero-order chi connectivity index (χ0) is 18.5. The summed E-state index contributed by atoms with van der Waals surface area (Å²) < 4.78 is 18.5. The van der Waals surface area contributed by atoms with E-state index in [4.69, 9.17) is 0 Å². The van der Waals surface area contributed by atoms with Crippen molar-refractivity contribution < 1.29 is 18.7 Å². The lowest BCUT2D eigenvalue weighted by atomic mass is 9.99. The van der Waals surface area contributed by atoms with Crippen molar-refractivity contribution in [1.82, 2.24) is 0 Å². The van der Waals surface area contributed by atoms with Crippen LogP contribution in [0.5, 0.6) is 0 Å². The average Bonchev–Trinajstić information content (AvgIpc) is 2.68. The first-order valence-corrected chi connectivity index (χ1v) is 7.94. The molecule has 3 aromatic carbocycles. The van der Waals surface area contributed by atoms with Gasteiger partial charge in [-0.3, -0.25) is 4.79 Å². The van der Waals surface area contributed by atoms with Crippen LogP contribution in [0, 0.1) is 5.82 Å². The summed E-state index contributed by atoms with van der Waals surface area (Å²) in [7, 11) is 1.18. The summed E-state index contributed by atoms with van der Waals surface area (Å²) in [6.45, 7) is 0. The molecule has 1 N–H and O–H groups in total. The van der Waals surface area contributed by atoms with Crippen LogP contribution in [-0.4, -0.2) is 19.0 Å². The minimum Gasteiger partial charge on any atom is -0.465 e. The minimum absolute atomic E-state index is 0.185. The fraction of sp³-hybridized carbons (Fsp3) is 0.0476. The number of rotatable bonds is 4. The van der Waals surface area contributed by atoms with Crippen molar-refractivity contribution in [1.29, 1.82) is 0 Å². The molecule has 0 bridgehead atoms. The van der Waals surface area contributed by atoms with E-state index in [2.05, 4.69) is 10.1 Å². The minimum atomic E-state index is -0.769. The normalized spacial score (nSPS) is 10.2. The van der Waals surface area contributed by atoms with Crippen molar-refractivity contribution in [2.24, 2.45) is 0 Å². The van der Waals surface area contributed by atoms with Crippen molar-refractivity contribution >= 4 is 17.6 Å². The lowest BCUT2D eigenvalue weighted by Crippen LogP contribution is -2.14. The molecule has 130 valence electrons. The first-order valence-electron chi connectivity index (χ1n) is 7.94. The van der Waals surface area contributed by atoms with Crippen molar-refractivity contribution in [3.05, 3.63) is 89.7 Å². The number of halogens is 1. The highest BCUT2D eigenvalue weighted by atomic mass is 19.1. The Morgan fingerprint density at radius 3 is 2.27 bits per heavy atom. The lowest BCUT2D eigenvalue weighted by Gasteiger charge is -2.11. The number of hydrogen-bond donors (Lipinski definition) is 1. The smallest absolute Gasteiger partial charge is 0.340 e. The largest absolute Gasteiger partial charge is 0.465 e. The average molecular weight is 349 g/mol. The van der Waals surface area contributed by atoms with E-state index in [0.717, 1.165) is 17.2 Å². The molecule has 0 spiro atoms. The SMILES string of the molecule is COC(=O)c1ccc(NC(=O)c2ccccc2-c2ccccc2)cc1F. The van der Waals surface area contributed by atoms with Crippen LogP contribution in [0.1, 0.15) is 20.7 Å². The van der Waals surface area contributed by atoms with Gasteiger partial charge in [-0.1, -0.05) is 48.5 Å². The Morgan fingerprint density at radius 1 is 0.885 bits per heavy atom. The van der Waals surface area contributed by atoms with Gasteiger partial charge in [0.1, 0.15) is 5.82 Å². The van der Waals surface area contributed by atoms with E-state index in [1.165, 1.54) is 19.2 Å². The van der Waals surface area contributed by atoms with E-state index in [1.54, 1.807) is 12.1 Å². The molecule has 0 radical (unpaired) electrons. The summed E-state index contributed by atoms with van der Waals surface area (Å²) in [5.74, 6) is -1.89. The molecule has 26 heavy (non-hydrogen) atoms. The van der Waals surface area contributed by atoms with E-state index in [1.807, 2.05) is 42.5 Å². The number of amides is 1. The Morgan fingerprint density at radius 2 is 1.58 bits per heavy atom. The Kier molecular flexibility index (Phi) is 5.08. The summed E-state index contributed by atoms with van der Waals surface area (Å²) in [6, 6.07) is 20.5. The fourth-order valence-electron chi connectivity index (χ4n) is 2.62. The maximum Gasteiger partial charge on any atom is 0.340 e.